The molecule has 0 aliphatic carbocycles. The Kier molecular flexibility index (Phi) is 5.62. The molecule has 112 valence electrons. The van der Waals surface area contributed by atoms with E-state index in [4.69, 9.17) is 0 Å². The molecule has 1 saturated heterocycles. The van der Waals surface area contributed by atoms with E-state index in [1.807, 2.05) is 0 Å². The van der Waals surface area contributed by atoms with Gasteiger partial charge >= 0.3 is 0 Å². The van der Waals surface area contributed by atoms with E-state index in [9.17, 15) is 0 Å². The minimum absolute atomic E-state index is 0.336. The van der Waals surface area contributed by atoms with Crippen molar-refractivity contribution in [2.75, 3.05) is 26.2 Å². The average molecular weight is 274 g/mol. The summed E-state index contributed by atoms with van der Waals surface area (Å²) in [5.41, 5.74) is 3.27. The second-order valence-corrected chi connectivity index (χ2v) is 6.22. The Hall–Kier alpha value is -0.860. The van der Waals surface area contributed by atoms with Crippen molar-refractivity contribution in [1.82, 2.24) is 10.2 Å². The van der Waals surface area contributed by atoms with Crippen molar-refractivity contribution in [3.05, 3.63) is 35.4 Å². The van der Waals surface area contributed by atoms with Crippen molar-refractivity contribution >= 4 is 0 Å². The molecule has 1 fully saturated rings. The number of nitrogens with one attached hydrogen (secondary N) is 1. The van der Waals surface area contributed by atoms with Gasteiger partial charge in [-0.15, -0.1) is 0 Å². The number of nitrogens with zero attached hydrogens (tertiary/aromatic N) is 1. The molecule has 0 saturated carbocycles. The van der Waals surface area contributed by atoms with Gasteiger partial charge in [-0.1, -0.05) is 38.1 Å². The van der Waals surface area contributed by atoms with Crippen molar-refractivity contribution in [3.8, 4) is 0 Å². The summed E-state index contributed by atoms with van der Waals surface area (Å²) in [7, 11) is 0. The van der Waals surface area contributed by atoms with Gasteiger partial charge in [-0.3, -0.25) is 0 Å². The average Bonchev–Trinajstić information content (AvgIpc) is 2.69. The van der Waals surface area contributed by atoms with Gasteiger partial charge in [0.1, 0.15) is 0 Å². The molecule has 1 aliphatic heterocycles. The van der Waals surface area contributed by atoms with Gasteiger partial charge in [-0.05, 0) is 56.8 Å². The number of aryl methyl sites for hydroxylation is 1. The molecule has 0 spiro atoms. The second-order valence-electron chi connectivity index (χ2n) is 6.22. The summed E-state index contributed by atoms with van der Waals surface area (Å²) in [6, 6.07) is 8.79. The van der Waals surface area contributed by atoms with Crippen molar-refractivity contribution < 1.29 is 0 Å². The van der Waals surface area contributed by atoms with Gasteiger partial charge in [0.25, 0.3) is 0 Å². The first-order valence-electron chi connectivity index (χ1n) is 8.21. The zero-order valence-electron chi connectivity index (χ0n) is 13.4. The van der Waals surface area contributed by atoms with Crippen LogP contribution in [0.5, 0.6) is 0 Å². The fourth-order valence-corrected chi connectivity index (χ4v) is 3.30. The first-order chi connectivity index (χ1) is 9.69. The molecule has 2 rings (SSSR count). The highest BCUT2D eigenvalue weighted by atomic mass is 15.2. The maximum atomic E-state index is 3.79. The third-order valence-electron chi connectivity index (χ3n) is 4.99. The lowest BCUT2D eigenvalue weighted by atomic mass is 9.92. The Bertz CT molecular complexity index is 410. The monoisotopic (exact) mass is 274 g/mol. The molecule has 2 nitrogen and oxygen atoms in total. The van der Waals surface area contributed by atoms with E-state index in [0.717, 1.165) is 0 Å². The summed E-state index contributed by atoms with van der Waals surface area (Å²) in [6.45, 7) is 11.7. The highest BCUT2D eigenvalue weighted by Gasteiger charge is 2.29. The number of benzene rings is 1. The van der Waals surface area contributed by atoms with E-state index in [1.54, 1.807) is 0 Å². The third kappa shape index (κ3) is 3.83. The van der Waals surface area contributed by atoms with Crippen LogP contribution in [0.25, 0.3) is 0 Å². The normalized spacial score (nSPS) is 19.8. The smallest absolute Gasteiger partial charge is 0.0303 e. The third-order valence-corrected chi connectivity index (χ3v) is 4.99. The Balaban J connectivity index is 1.96. The SMILES string of the molecule is CCC1(CC)CN(CCc2ccccc2C)CCCN1. The Morgan fingerprint density at radius 1 is 1.20 bits per heavy atom. The predicted molar refractivity (Wildman–Crippen MR) is 87.3 cm³/mol. The molecule has 2 heteroatoms. The van der Waals surface area contributed by atoms with Crippen LogP contribution < -0.4 is 5.32 Å². The molecule has 0 amide bonds. The molecular formula is C18H30N2. The predicted octanol–water partition coefficient (Wildman–Crippen LogP) is 3.39. The van der Waals surface area contributed by atoms with Crippen LogP contribution in [0.4, 0.5) is 0 Å². The number of hydrogen-bond donors (Lipinski definition) is 1. The Labute approximate surface area is 124 Å². The van der Waals surface area contributed by atoms with E-state index in [0.29, 0.717) is 5.54 Å². The van der Waals surface area contributed by atoms with Crippen LogP contribution in [-0.4, -0.2) is 36.6 Å². The first-order valence-corrected chi connectivity index (χ1v) is 8.21. The van der Waals surface area contributed by atoms with E-state index >= 15 is 0 Å². The van der Waals surface area contributed by atoms with Crippen LogP contribution in [0.3, 0.4) is 0 Å². The number of hydrogen-bond acceptors (Lipinski definition) is 2. The van der Waals surface area contributed by atoms with Gasteiger partial charge in [0.15, 0.2) is 0 Å². The van der Waals surface area contributed by atoms with Crippen LogP contribution in [0.15, 0.2) is 24.3 Å². The minimum Gasteiger partial charge on any atom is -0.310 e. The minimum atomic E-state index is 0.336. The van der Waals surface area contributed by atoms with Gasteiger partial charge in [-0.25, -0.2) is 0 Å². The van der Waals surface area contributed by atoms with Gasteiger partial charge in [0.05, 0.1) is 0 Å². The molecule has 1 aromatic rings. The number of rotatable bonds is 5. The summed E-state index contributed by atoms with van der Waals surface area (Å²) in [5, 5.41) is 3.79. The molecule has 0 radical (unpaired) electrons. The lowest BCUT2D eigenvalue weighted by molar-refractivity contribution is 0.199. The second kappa shape index (κ2) is 7.24. The molecule has 1 aromatic carbocycles. The van der Waals surface area contributed by atoms with E-state index < -0.39 is 0 Å². The van der Waals surface area contributed by atoms with Gasteiger partial charge in [0, 0.05) is 18.6 Å². The molecule has 0 aromatic heterocycles. The zero-order chi connectivity index (χ0) is 14.4. The van der Waals surface area contributed by atoms with E-state index in [1.165, 1.54) is 63.0 Å². The van der Waals surface area contributed by atoms with E-state index in [-0.39, 0.29) is 0 Å². The maximum absolute atomic E-state index is 3.79. The van der Waals surface area contributed by atoms with Gasteiger partial charge < -0.3 is 10.2 Å². The Morgan fingerprint density at radius 3 is 2.65 bits per heavy atom. The lowest BCUT2D eigenvalue weighted by Crippen LogP contribution is -2.50. The topological polar surface area (TPSA) is 15.3 Å². The van der Waals surface area contributed by atoms with Crippen molar-refractivity contribution in [2.24, 2.45) is 0 Å². The molecular weight excluding hydrogens is 244 g/mol. The quantitative estimate of drug-likeness (QED) is 0.885. The summed E-state index contributed by atoms with van der Waals surface area (Å²) in [4.78, 5) is 2.67. The van der Waals surface area contributed by atoms with Crippen molar-refractivity contribution in [2.45, 2.75) is 52.0 Å². The highest BCUT2D eigenvalue weighted by molar-refractivity contribution is 5.25. The van der Waals surface area contributed by atoms with Gasteiger partial charge in [0.2, 0.25) is 0 Å². The zero-order valence-corrected chi connectivity index (χ0v) is 13.4. The highest BCUT2D eigenvalue weighted by Crippen LogP contribution is 2.20. The van der Waals surface area contributed by atoms with Crippen LogP contribution in [0.1, 0.15) is 44.2 Å². The molecule has 0 bridgehead atoms. The van der Waals surface area contributed by atoms with Crippen LogP contribution in [0, 0.1) is 6.92 Å². The molecule has 0 unspecified atom stereocenters. The molecule has 1 N–H and O–H groups in total. The van der Waals surface area contributed by atoms with Crippen LogP contribution in [0.2, 0.25) is 0 Å². The summed E-state index contributed by atoms with van der Waals surface area (Å²) in [5.74, 6) is 0. The molecule has 1 heterocycles. The summed E-state index contributed by atoms with van der Waals surface area (Å²) in [6.07, 6.45) is 4.90. The standard InChI is InChI=1S/C18H30N2/c1-4-18(5-2)15-20(13-8-12-19-18)14-11-17-10-7-6-9-16(17)3/h6-7,9-10,19H,4-5,8,11-15H2,1-3H3. The Morgan fingerprint density at radius 2 is 1.95 bits per heavy atom. The fourth-order valence-electron chi connectivity index (χ4n) is 3.30. The maximum Gasteiger partial charge on any atom is 0.0303 e. The molecule has 0 atom stereocenters. The largest absolute Gasteiger partial charge is 0.310 e. The van der Waals surface area contributed by atoms with Gasteiger partial charge in [-0.2, -0.15) is 0 Å². The fraction of sp³-hybridized carbons (Fsp3) is 0.667. The first kappa shape index (κ1) is 15.5. The van der Waals surface area contributed by atoms with Crippen LogP contribution in [-0.2, 0) is 6.42 Å². The summed E-state index contributed by atoms with van der Waals surface area (Å²) < 4.78 is 0. The molecule has 20 heavy (non-hydrogen) atoms. The van der Waals surface area contributed by atoms with Crippen molar-refractivity contribution in [3.63, 3.8) is 0 Å². The van der Waals surface area contributed by atoms with Crippen molar-refractivity contribution in [1.29, 1.82) is 0 Å². The lowest BCUT2D eigenvalue weighted by Gasteiger charge is -2.35. The van der Waals surface area contributed by atoms with E-state index in [2.05, 4.69) is 55.3 Å². The molecule has 1 aliphatic rings. The van der Waals surface area contributed by atoms with Crippen LogP contribution >= 0.6 is 0 Å². The summed E-state index contributed by atoms with van der Waals surface area (Å²) >= 11 is 0.